The minimum Gasteiger partial charge on any atom is -0.444 e. The van der Waals surface area contributed by atoms with Crippen LogP contribution in [0.15, 0.2) is 53.3 Å². The number of carbonyl (C=O) groups excluding carboxylic acids is 2. The van der Waals surface area contributed by atoms with Gasteiger partial charge >= 0.3 is 12.2 Å². The quantitative estimate of drug-likeness (QED) is 0.366. The van der Waals surface area contributed by atoms with Crippen LogP contribution in [0.1, 0.15) is 66.6 Å². The standard InChI is InChI=1S/C31H41N3O5/c1-20(2)19-34-25(18-33-29(37)39-31(6,7)8)26(22-12-10-9-11-13-22)24-16-21(14-15-23(24)27(34)35)17-32-28(36)38-30(3,4)5/h9-16,20H,17-19H2,1-8H3,(H,32,36)(H,33,37). The van der Waals surface area contributed by atoms with E-state index in [1.54, 1.807) is 31.4 Å². The van der Waals surface area contributed by atoms with Crippen molar-refractivity contribution in [2.24, 2.45) is 5.92 Å². The van der Waals surface area contributed by atoms with Crippen LogP contribution in [0.2, 0.25) is 0 Å². The fraction of sp³-hybridized carbons (Fsp3) is 0.452. The van der Waals surface area contributed by atoms with Crippen LogP contribution in [0.5, 0.6) is 0 Å². The highest BCUT2D eigenvalue weighted by Crippen LogP contribution is 2.32. The summed E-state index contributed by atoms with van der Waals surface area (Å²) in [6, 6.07) is 15.4. The van der Waals surface area contributed by atoms with E-state index in [-0.39, 0.29) is 24.6 Å². The molecule has 0 spiro atoms. The molecule has 0 saturated carbocycles. The van der Waals surface area contributed by atoms with Crippen molar-refractivity contribution in [3.63, 3.8) is 0 Å². The van der Waals surface area contributed by atoms with Gasteiger partial charge in [-0.2, -0.15) is 0 Å². The Morgan fingerprint density at radius 3 is 1.92 bits per heavy atom. The number of alkyl carbamates (subject to hydrolysis) is 2. The van der Waals surface area contributed by atoms with Gasteiger partial charge in [-0.05, 0) is 76.1 Å². The number of benzene rings is 2. The first-order chi connectivity index (χ1) is 18.1. The average Bonchev–Trinajstić information content (AvgIpc) is 2.81. The van der Waals surface area contributed by atoms with Crippen molar-refractivity contribution < 1.29 is 19.1 Å². The number of nitrogens with zero attached hydrogens (tertiary/aromatic N) is 1. The van der Waals surface area contributed by atoms with Crippen LogP contribution in [-0.4, -0.2) is 28.0 Å². The van der Waals surface area contributed by atoms with E-state index in [4.69, 9.17) is 9.47 Å². The molecule has 0 aliphatic heterocycles. The van der Waals surface area contributed by atoms with Gasteiger partial charge in [0.25, 0.3) is 5.56 Å². The summed E-state index contributed by atoms with van der Waals surface area (Å²) in [4.78, 5) is 38.6. The van der Waals surface area contributed by atoms with E-state index >= 15 is 0 Å². The summed E-state index contributed by atoms with van der Waals surface area (Å²) in [7, 11) is 0. The highest BCUT2D eigenvalue weighted by Gasteiger charge is 2.22. The molecule has 0 fully saturated rings. The van der Waals surface area contributed by atoms with Crippen molar-refractivity contribution >= 4 is 23.0 Å². The second-order valence-electron chi connectivity index (χ2n) is 12.1. The van der Waals surface area contributed by atoms with Crippen molar-refractivity contribution in [1.82, 2.24) is 15.2 Å². The average molecular weight is 536 g/mol. The number of nitrogens with one attached hydrogen (secondary N) is 2. The topological polar surface area (TPSA) is 98.7 Å². The van der Waals surface area contributed by atoms with Gasteiger partial charge < -0.3 is 24.7 Å². The zero-order valence-corrected chi connectivity index (χ0v) is 24.3. The Labute approximate surface area is 230 Å². The highest BCUT2D eigenvalue weighted by atomic mass is 16.6. The number of carbonyl (C=O) groups is 2. The zero-order valence-electron chi connectivity index (χ0n) is 24.3. The van der Waals surface area contributed by atoms with Gasteiger partial charge in [0.05, 0.1) is 6.54 Å². The predicted molar refractivity (Wildman–Crippen MR) is 155 cm³/mol. The molecule has 39 heavy (non-hydrogen) atoms. The van der Waals surface area contributed by atoms with Crippen LogP contribution in [0.3, 0.4) is 0 Å². The van der Waals surface area contributed by atoms with Crippen LogP contribution in [-0.2, 0) is 29.1 Å². The number of aromatic nitrogens is 1. The number of amides is 2. The van der Waals surface area contributed by atoms with Crippen LogP contribution < -0.4 is 16.2 Å². The molecule has 0 aliphatic carbocycles. The zero-order chi connectivity index (χ0) is 29.0. The smallest absolute Gasteiger partial charge is 0.407 e. The molecule has 1 heterocycles. The van der Waals surface area contributed by atoms with Gasteiger partial charge in [-0.15, -0.1) is 0 Å². The van der Waals surface area contributed by atoms with Gasteiger partial charge in [0.1, 0.15) is 11.2 Å². The molecule has 2 amide bonds. The van der Waals surface area contributed by atoms with Crippen LogP contribution in [0, 0.1) is 5.92 Å². The van der Waals surface area contributed by atoms with E-state index in [0.29, 0.717) is 17.6 Å². The maximum absolute atomic E-state index is 13.8. The lowest BCUT2D eigenvalue weighted by Gasteiger charge is -2.24. The SMILES string of the molecule is CC(C)Cn1c(CNC(=O)OC(C)(C)C)c(-c2ccccc2)c2cc(CNC(=O)OC(C)(C)C)ccc2c1=O. The lowest BCUT2D eigenvalue weighted by atomic mass is 9.95. The predicted octanol–water partition coefficient (Wildman–Crippen LogP) is 6.37. The van der Waals surface area contributed by atoms with E-state index in [2.05, 4.69) is 24.5 Å². The number of fused-ring (bicyclic) bond motifs is 1. The lowest BCUT2D eigenvalue weighted by Crippen LogP contribution is -2.35. The Morgan fingerprint density at radius 1 is 0.821 bits per heavy atom. The molecule has 8 heteroatoms. The van der Waals surface area contributed by atoms with Gasteiger partial charge in [0, 0.05) is 29.7 Å². The number of pyridine rings is 1. The largest absolute Gasteiger partial charge is 0.444 e. The van der Waals surface area contributed by atoms with Crippen molar-refractivity contribution in [1.29, 1.82) is 0 Å². The Bertz CT molecular complexity index is 1380. The Kier molecular flexibility index (Phi) is 9.10. The van der Waals surface area contributed by atoms with E-state index in [9.17, 15) is 14.4 Å². The molecule has 0 saturated heterocycles. The molecule has 0 aliphatic rings. The molecule has 3 rings (SSSR count). The van der Waals surface area contributed by atoms with Crippen LogP contribution in [0.25, 0.3) is 21.9 Å². The number of rotatable bonds is 7. The third kappa shape index (κ3) is 8.34. The second-order valence-corrected chi connectivity index (χ2v) is 12.1. The van der Waals surface area contributed by atoms with Crippen LogP contribution >= 0.6 is 0 Å². The van der Waals surface area contributed by atoms with Gasteiger partial charge in [0.15, 0.2) is 0 Å². The first-order valence-electron chi connectivity index (χ1n) is 13.3. The molecule has 2 aromatic carbocycles. The number of hydrogen-bond donors (Lipinski definition) is 2. The third-order valence-corrected chi connectivity index (χ3v) is 5.69. The molecule has 0 unspecified atom stereocenters. The van der Waals surface area contributed by atoms with Crippen molar-refractivity contribution in [2.45, 2.75) is 86.2 Å². The van der Waals surface area contributed by atoms with E-state index in [0.717, 1.165) is 22.1 Å². The van der Waals surface area contributed by atoms with Crippen molar-refractivity contribution in [3.05, 3.63) is 70.1 Å². The van der Waals surface area contributed by atoms with Crippen molar-refractivity contribution in [3.8, 4) is 11.1 Å². The third-order valence-electron chi connectivity index (χ3n) is 5.69. The van der Waals surface area contributed by atoms with Gasteiger partial charge in [-0.1, -0.05) is 50.2 Å². The monoisotopic (exact) mass is 535 g/mol. The van der Waals surface area contributed by atoms with Crippen molar-refractivity contribution in [2.75, 3.05) is 0 Å². The lowest BCUT2D eigenvalue weighted by molar-refractivity contribution is 0.0511. The number of ether oxygens (including phenoxy) is 2. The fourth-order valence-electron chi connectivity index (χ4n) is 4.28. The highest BCUT2D eigenvalue weighted by molar-refractivity contribution is 5.98. The minimum atomic E-state index is -0.649. The second kappa shape index (κ2) is 11.9. The minimum absolute atomic E-state index is 0.109. The molecular formula is C31H41N3O5. The summed E-state index contributed by atoms with van der Waals surface area (Å²) in [5.74, 6) is 0.196. The van der Waals surface area contributed by atoms with E-state index < -0.39 is 23.4 Å². The fourth-order valence-corrected chi connectivity index (χ4v) is 4.28. The summed E-state index contributed by atoms with van der Waals surface area (Å²) in [6.45, 7) is 15.8. The van der Waals surface area contributed by atoms with E-state index in [1.165, 1.54) is 0 Å². The van der Waals surface area contributed by atoms with Gasteiger partial charge in [0.2, 0.25) is 0 Å². The van der Waals surface area contributed by atoms with Crippen LogP contribution in [0.4, 0.5) is 9.59 Å². The summed E-state index contributed by atoms with van der Waals surface area (Å²) in [5.41, 5.74) is 1.88. The molecule has 1 aromatic heterocycles. The van der Waals surface area contributed by atoms with Gasteiger partial charge in [-0.3, -0.25) is 4.79 Å². The summed E-state index contributed by atoms with van der Waals surface area (Å²) < 4.78 is 12.6. The molecule has 210 valence electrons. The molecule has 8 nitrogen and oxygen atoms in total. The maximum atomic E-state index is 13.8. The Balaban J connectivity index is 2.16. The normalized spacial score (nSPS) is 11.9. The van der Waals surface area contributed by atoms with Gasteiger partial charge in [-0.25, -0.2) is 9.59 Å². The Hall–Kier alpha value is -3.81. The summed E-state index contributed by atoms with van der Waals surface area (Å²) in [5, 5.41) is 6.96. The molecule has 2 N–H and O–H groups in total. The maximum Gasteiger partial charge on any atom is 0.407 e. The molecule has 3 aromatic rings. The number of hydrogen-bond acceptors (Lipinski definition) is 5. The first kappa shape index (κ1) is 29.7. The first-order valence-corrected chi connectivity index (χ1v) is 13.3. The molecular weight excluding hydrogens is 494 g/mol. The summed E-state index contributed by atoms with van der Waals surface area (Å²) >= 11 is 0. The molecule has 0 bridgehead atoms. The van der Waals surface area contributed by atoms with E-state index in [1.807, 2.05) is 63.2 Å². The molecule has 0 radical (unpaired) electrons. The Morgan fingerprint density at radius 2 is 1.38 bits per heavy atom. The summed E-state index contributed by atoms with van der Waals surface area (Å²) in [6.07, 6.45) is -1.07. The molecule has 0 atom stereocenters.